The van der Waals surface area contributed by atoms with Crippen LogP contribution in [-0.4, -0.2) is 11.3 Å². The van der Waals surface area contributed by atoms with Crippen LogP contribution in [0.25, 0.3) is 94.3 Å². The lowest BCUT2D eigenvalue weighted by atomic mass is 9.33. The molecule has 0 fully saturated rings. The lowest BCUT2D eigenvalue weighted by Gasteiger charge is -2.44. The molecule has 0 unspecified atom stereocenters. The van der Waals surface area contributed by atoms with Gasteiger partial charge in [-0.1, -0.05) is 188 Å². The van der Waals surface area contributed by atoms with Gasteiger partial charge in [-0.2, -0.15) is 13.2 Å². The molecule has 0 amide bonds. The van der Waals surface area contributed by atoms with E-state index in [1.165, 1.54) is 12.1 Å². The van der Waals surface area contributed by atoms with Crippen LogP contribution in [0.1, 0.15) is 5.56 Å². The van der Waals surface area contributed by atoms with E-state index in [1.54, 1.807) is 0 Å². The van der Waals surface area contributed by atoms with E-state index in [0.717, 1.165) is 141 Å². The molecule has 88 heavy (non-hydrogen) atoms. The Morgan fingerprint density at radius 1 is 0.295 bits per heavy atom. The van der Waals surface area contributed by atoms with Crippen molar-refractivity contribution < 1.29 is 22.0 Å². The number of nitrogens with zero attached hydrogens (tertiary/aromatic N) is 3. The Morgan fingerprint density at radius 2 is 0.727 bits per heavy atom. The molecule has 0 aliphatic carbocycles. The number of benzene rings is 13. The van der Waals surface area contributed by atoms with Crippen LogP contribution >= 0.6 is 0 Å². The van der Waals surface area contributed by atoms with E-state index in [9.17, 15) is 13.2 Å². The zero-order valence-electron chi connectivity index (χ0n) is 47.1. The average Bonchev–Trinajstić information content (AvgIpc) is 0.782. The van der Waals surface area contributed by atoms with Crippen molar-refractivity contribution >= 4 is 79.0 Å². The summed E-state index contributed by atoms with van der Waals surface area (Å²) in [6.07, 6.45) is -4.78. The van der Waals surface area contributed by atoms with Gasteiger partial charge in [0.15, 0.2) is 0 Å². The first kappa shape index (κ1) is 52.5. The van der Waals surface area contributed by atoms with E-state index in [1.807, 2.05) is 65.2 Å². The summed E-state index contributed by atoms with van der Waals surface area (Å²) in [4.78, 5) is 4.88. The molecule has 1 aromatic heterocycles. The molecule has 0 atom stereocenters. The van der Waals surface area contributed by atoms with Crippen LogP contribution in [-0.2, 0) is 6.18 Å². The van der Waals surface area contributed by atoms with Gasteiger partial charge in [-0.25, -0.2) is 8.78 Å². The van der Waals surface area contributed by atoms with Gasteiger partial charge >= 0.3 is 6.18 Å². The summed E-state index contributed by atoms with van der Waals surface area (Å²) in [5, 5.41) is 1.61. The van der Waals surface area contributed by atoms with Crippen molar-refractivity contribution in [3.8, 4) is 72.4 Å². The minimum atomic E-state index is -4.78. The largest absolute Gasteiger partial charge is 0.416 e. The van der Waals surface area contributed by atoms with Gasteiger partial charge in [0.1, 0.15) is 11.6 Å². The third-order valence-corrected chi connectivity index (χ3v) is 17.5. The molecule has 9 heteroatoms. The monoisotopic (exact) mass is 1150 g/mol. The number of rotatable bonds is 9. The molecule has 13 aromatic carbocycles. The van der Waals surface area contributed by atoms with Gasteiger partial charge in [0.25, 0.3) is 6.71 Å². The predicted octanol–water partition coefficient (Wildman–Crippen LogP) is 20.2. The van der Waals surface area contributed by atoms with Crippen molar-refractivity contribution in [1.29, 1.82) is 0 Å². The van der Waals surface area contributed by atoms with Crippen molar-refractivity contribution in [3.63, 3.8) is 0 Å². The van der Waals surface area contributed by atoms with Crippen LogP contribution < -0.4 is 26.2 Å². The van der Waals surface area contributed by atoms with Crippen LogP contribution in [0, 0.1) is 11.6 Å². The fraction of sp³-hybridized carbons (Fsp3) is 0.0127. The highest BCUT2D eigenvalue weighted by Crippen LogP contribution is 2.50. The van der Waals surface area contributed by atoms with Crippen molar-refractivity contribution in [2.45, 2.75) is 6.18 Å². The van der Waals surface area contributed by atoms with Crippen LogP contribution in [0.4, 0.5) is 56.1 Å². The van der Waals surface area contributed by atoms with Gasteiger partial charge in [-0.05, 0) is 181 Å². The van der Waals surface area contributed by atoms with E-state index in [0.29, 0.717) is 11.0 Å². The van der Waals surface area contributed by atoms with E-state index in [2.05, 4.69) is 210 Å². The maximum absolute atomic E-state index is 16.0. The summed E-state index contributed by atoms with van der Waals surface area (Å²) >= 11 is 0. The molecule has 0 saturated carbocycles. The number of aromatic nitrogens is 1. The molecule has 0 radical (unpaired) electrons. The van der Waals surface area contributed by atoms with E-state index < -0.39 is 28.9 Å². The Kier molecular flexibility index (Phi) is 12.5. The first-order valence-electron chi connectivity index (χ1n) is 29.3. The molecular formula is C79H49BF5N3. The molecule has 0 saturated heterocycles. The molecule has 0 spiro atoms. The number of fused-ring (bicyclic) bond motifs is 7. The molecule has 0 bridgehead atoms. The smallest absolute Gasteiger partial charge is 0.311 e. The van der Waals surface area contributed by atoms with Crippen LogP contribution in [0.5, 0.6) is 0 Å². The molecule has 0 N–H and O–H groups in total. The quantitative estimate of drug-likeness (QED) is 0.105. The maximum Gasteiger partial charge on any atom is 0.416 e. The lowest BCUT2D eigenvalue weighted by Crippen LogP contribution is -2.61. The summed E-state index contributed by atoms with van der Waals surface area (Å²) in [5.74, 6) is -1.94. The summed E-state index contributed by atoms with van der Waals surface area (Å²) in [6.45, 7) is -0.187. The fourth-order valence-corrected chi connectivity index (χ4v) is 13.6. The SMILES string of the molecule is Fc1cccc(F)c1-c1cc(C(F)(F)F)ccc1-n1c2ccccc2c2cc(-c3cc4c5c(c3)N(c3cc(-c6ccccc6)cc(-c6ccccc6)c3)c3ccccc3B5c3ccccc3N4c3cc(-c4ccccc4)cc(-c4ccccc4)c3)ccc21. The molecule has 3 heterocycles. The highest BCUT2D eigenvalue weighted by Gasteiger charge is 2.44. The topological polar surface area (TPSA) is 11.4 Å². The van der Waals surface area contributed by atoms with Crippen molar-refractivity contribution in [2.75, 3.05) is 9.80 Å². The van der Waals surface area contributed by atoms with Gasteiger partial charge < -0.3 is 14.4 Å². The number of para-hydroxylation sites is 3. The van der Waals surface area contributed by atoms with E-state index in [4.69, 9.17) is 0 Å². The highest BCUT2D eigenvalue weighted by atomic mass is 19.4. The zero-order valence-corrected chi connectivity index (χ0v) is 47.1. The normalized spacial score (nSPS) is 12.5. The number of alkyl halides is 3. The first-order chi connectivity index (χ1) is 43.1. The summed E-state index contributed by atoms with van der Waals surface area (Å²) < 4.78 is 77.5. The van der Waals surface area contributed by atoms with Crippen molar-refractivity contribution in [1.82, 2.24) is 4.57 Å². The minimum Gasteiger partial charge on any atom is -0.311 e. The third-order valence-electron chi connectivity index (χ3n) is 17.5. The molecule has 16 rings (SSSR count). The molecule has 14 aromatic rings. The molecular weight excluding hydrogens is 1100 g/mol. The lowest BCUT2D eigenvalue weighted by molar-refractivity contribution is -0.137. The molecule has 2 aliphatic rings. The van der Waals surface area contributed by atoms with Crippen LogP contribution in [0.15, 0.2) is 297 Å². The fourth-order valence-electron chi connectivity index (χ4n) is 13.6. The van der Waals surface area contributed by atoms with E-state index in [-0.39, 0.29) is 18.0 Å². The van der Waals surface area contributed by atoms with Crippen LogP contribution in [0.3, 0.4) is 0 Å². The van der Waals surface area contributed by atoms with E-state index >= 15 is 8.78 Å². The highest BCUT2D eigenvalue weighted by molar-refractivity contribution is 7.00. The molecule has 3 nitrogen and oxygen atoms in total. The Balaban J connectivity index is 0.989. The summed E-state index contributed by atoms with van der Waals surface area (Å²) in [5.41, 5.74) is 19.6. The summed E-state index contributed by atoms with van der Waals surface area (Å²) in [7, 11) is 0. The van der Waals surface area contributed by atoms with Gasteiger partial charge in [0.05, 0.1) is 27.8 Å². The van der Waals surface area contributed by atoms with Crippen molar-refractivity contribution in [2.24, 2.45) is 0 Å². The number of halogens is 5. The van der Waals surface area contributed by atoms with Gasteiger partial charge in [0, 0.05) is 50.5 Å². The average molecular weight is 1150 g/mol. The van der Waals surface area contributed by atoms with Gasteiger partial charge in [0.2, 0.25) is 0 Å². The Labute approximate surface area is 505 Å². The molecule has 418 valence electrons. The number of hydrogen-bond acceptors (Lipinski definition) is 2. The maximum atomic E-state index is 16.0. The number of hydrogen-bond donors (Lipinski definition) is 0. The Morgan fingerprint density at radius 3 is 1.22 bits per heavy atom. The summed E-state index contributed by atoms with van der Waals surface area (Å²) in [6, 6.07) is 98.2. The molecule has 2 aliphatic heterocycles. The second-order valence-electron chi connectivity index (χ2n) is 22.6. The Hall–Kier alpha value is -11.0. The minimum absolute atomic E-state index is 0.187. The first-order valence-corrected chi connectivity index (χ1v) is 29.3. The predicted molar refractivity (Wildman–Crippen MR) is 352 cm³/mol. The van der Waals surface area contributed by atoms with Gasteiger partial charge in [-0.3, -0.25) is 0 Å². The third kappa shape index (κ3) is 8.80. The van der Waals surface area contributed by atoms with Crippen LogP contribution in [0.2, 0.25) is 0 Å². The van der Waals surface area contributed by atoms with Crippen molar-refractivity contribution in [3.05, 3.63) is 314 Å². The Bertz CT molecular complexity index is 4730. The second-order valence-corrected chi connectivity index (χ2v) is 22.6. The number of anilines is 6. The van der Waals surface area contributed by atoms with Gasteiger partial charge in [-0.15, -0.1) is 0 Å². The zero-order chi connectivity index (χ0) is 59.2. The standard InChI is InChI=1S/C79H49BF5N3/c81-68-31-19-32-69(82)77(68)65-49-60(79(83,84)85)37-39-72(65)88-70-33-16-13-28-63(70)64-46-54(36-38-71(64)88)59-47-75-78-76(48-59)87(62-44-57(52-24-9-3-10-25-52)41-58(45-62)53-26-11-4-12-27-53)74-35-18-15-30-67(74)80(78)66-29-14-17-34-73(66)86(75)61-42-55(50-20-5-1-6-21-50)40-56(43-61)51-22-7-2-8-23-51/h1-49H. The second kappa shape index (κ2) is 20.9.